The lowest BCUT2D eigenvalue weighted by Gasteiger charge is -2.03. The third-order valence-electron chi connectivity index (χ3n) is 1.02. The van der Waals surface area contributed by atoms with Gasteiger partial charge in [0.25, 0.3) is 0 Å². The van der Waals surface area contributed by atoms with Crippen molar-refractivity contribution < 1.29 is 9.18 Å². The minimum atomic E-state index is -1.29. The molecule has 0 fully saturated rings. The van der Waals surface area contributed by atoms with E-state index in [9.17, 15) is 9.18 Å². The fourth-order valence-electron chi connectivity index (χ4n) is 0.418. The fourth-order valence-corrected chi connectivity index (χ4v) is 0.418. The maximum absolute atomic E-state index is 12.4. The first-order valence-corrected chi connectivity index (χ1v) is 2.60. The van der Waals surface area contributed by atoms with Crippen LogP contribution >= 0.6 is 0 Å². The van der Waals surface area contributed by atoms with Gasteiger partial charge in [0.05, 0.1) is 5.92 Å². The summed E-state index contributed by atoms with van der Waals surface area (Å²) in [6.45, 7) is 6.48. The molecule has 0 aromatic rings. The molecule has 0 saturated heterocycles. The van der Waals surface area contributed by atoms with Gasteiger partial charge < -0.3 is 4.79 Å². The number of carbonyl (C=O) groups is 1. The Hall–Kier alpha value is -0.920. The molecule has 0 aliphatic carbocycles. The average molecular weight is 128 g/mol. The molecule has 2 unspecified atom stereocenters. The third kappa shape index (κ3) is 2.22. The zero-order chi connectivity index (χ0) is 7.28. The standard InChI is InChI=1S/C7H9FO/c1-3-6(5-9)7(8)4-2/h3-7H,1-2H2. The lowest BCUT2D eigenvalue weighted by molar-refractivity contribution is -0.110. The summed E-state index contributed by atoms with van der Waals surface area (Å²) in [6.07, 6.45) is 1.57. The molecule has 0 aliphatic rings. The van der Waals surface area contributed by atoms with Gasteiger partial charge in [-0.3, -0.25) is 0 Å². The Labute approximate surface area is 53.9 Å². The van der Waals surface area contributed by atoms with Gasteiger partial charge in [0.2, 0.25) is 0 Å². The van der Waals surface area contributed by atoms with Crippen molar-refractivity contribution in [3.8, 4) is 0 Å². The molecule has 0 amide bonds. The molecular weight excluding hydrogens is 119 g/mol. The first-order chi connectivity index (χ1) is 4.26. The molecule has 2 atom stereocenters. The molecule has 0 spiro atoms. The van der Waals surface area contributed by atoms with E-state index in [4.69, 9.17) is 0 Å². The molecule has 0 aliphatic heterocycles. The normalized spacial score (nSPS) is 15.7. The summed E-state index contributed by atoms with van der Waals surface area (Å²) in [5, 5.41) is 0. The van der Waals surface area contributed by atoms with Crippen LogP contribution in [0.1, 0.15) is 0 Å². The highest BCUT2D eigenvalue weighted by atomic mass is 19.1. The number of aldehydes is 1. The van der Waals surface area contributed by atoms with E-state index in [1.807, 2.05) is 0 Å². The van der Waals surface area contributed by atoms with E-state index in [-0.39, 0.29) is 0 Å². The van der Waals surface area contributed by atoms with Crippen LogP contribution in [0.2, 0.25) is 0 Å². The van der Waals surface area contributed by atoms with E-state index in [0.717, 1.165) is 6.08 Å². The minimum absolute atomic E-state index is 0.513. The Balaban J connectivity index is 3.92. The summed E-state index contributed by atoms with van der Waals surface area (Å²) < 4.78 is 12.4. The summed E-state index contributed by atoms with van der Waals surface area (Å²) in [6, 6.07) is 0. The Morgan fingerprint density at radius 2 is 1.89 bits per heavy atom. The average Bonchev–Trinajstić information content (AvgIpc) is 1.90. The Morgan fingerprint density at radius 3 is 2.00 bits per heavy atom. The van der Waals surface area contributed by atoms with Gasteiger partial charge in [-0.15, -0.1) is 13.2 Å². The SMILES string of the molecule is C=CC(F)C(C=C)C=O. The van der Waals surface area contributed by atoms with Crippen molar-refractivity contribution in [3.63, 3.8) is 0 Å². The predicted octanol–water partition coefficient (Wildman–Crippen LogP) is 1.51. The molecule has 50 valence electrons. The van der Waals surface area contributed by atoms with Crippen LogP contribution in [0, 0.1) is 5.92 Å². The number of hydrogen-bond donors (Lipinski definition) is 0. The number of halogens is 1. The molecular formula is C7H9FO. The first kappa shape index (κ1) is 8.08. The van der Waals surface area contributed by atoms with E-state index in [2.05, 4.69) is 13.2 Å². The Kier molecular flexibility index (Phi) is 3.60. The van der Waals surface area contributed by atoms with Gasteiger partial charge in [0.15, 0.2) is 0 Å². The van der Waals surface area contributed by atoms with E-state index in [1.54, 1.807) is 0 Å². The highest BCUT2D eigenvalue weighted by Crippen LogP contribution is 2.06. The monoisotopic (exact) mass is 128 g/mol. The topological polar surface area (TPSA) is 17.1 Å². The zero-order valence-electron chi connectivity index (χ0n) is 5.09. The van der Waals surface area contributed by atoms with Gasteiger partial charge in [-0.05, 0) is 0 Å². The van der Waals surface area contributed by atoms with E-state index >= 15 is 0 Å². The second-order valence-electron chi connectivity index (χ2n) is 1.63. The maximum Gasteiger partial charge on any atom is 0.131 e. The highest BCUT2D eigenvalue weighted by molar-refractivity contribution is 5.57. The third-order valence-corrected chi connectivity index (χ3v) is 1.02. The fraction of sp³-hybridized carbons (Fsp3) is 0.286. The minimum Gasteiger partial charge on any atom is -0.303 e. The molecule has 1 nitrogen and oxygen atoms in total. The van der Waals surface area contributed by atoms with Crippen molar-refractivity contribution in [2.75, 3.05) is 0 Å². The number of carbonyl (C=O) groups excluding carboxylic acids is 1. The Bertz CT molecular complexity index is 112. The van der Waals surface area contributed by atoms with E-state index in [1.165, 1.54) is 6.08 Å². The van der Waals surface area contributed by atoms with E-state index < -0.39 is 12.1 Å². The van der Waals surface area contributed by atoms with Crippen LogP contribution in [0.4, 0.5) is 4.39 Å². The Morgan fingerprint density at radius 1 is 1.33 bits per heavy atom. The summed E-state index contributed by atoms with van der Waals surface area (Å²) in [5.74, 6) is -0.734. The van der Waals surface area contributed by atoms with Crippen LogP contribution in [-0.2, 0) is 4.79 Å². The summed E-state index contributed by atoms with van der Waals surface area (Å²) in [4.78, 5) is 9.98. The van der Waals surface area contributed by atoms with Crippen LogP contribution in [-0.4, -0.2) is 12.5 Å². The second-order valence-corrected chi connectivity index (χ2v) is 1.63. The molecule has 0 rings (SSSR count). The van der Waals surface area contributed by atoms with Crippen molar-refractivity contribution in [2.24, 2.45) is 5.92 Å². The van der Waals surface area contributed by atoms with Gasteiger partial charge in [-0.2, -0.15) is 0 Å². The second kappa shape index (κ2) is 4.01. The molecule has 0 aromatic heterocycles. The van der Waals surface area contributed by atoms with Crippen LogP contribution in [0.25, 0.3) is 0 Å². The predicted molar refractivity (Wildman–Crippen MR) is 34.8 cm³/mol. The molecule has 0 radical (unpaired) electrons. The van der Waals surface area contributed by atoms with Gasteiger partial charge >= 0.3 is 0 Å². The summed E-state index contributed by atoms with van der Waals surface area (Å²) >= 11 is 0. The molecule has 0 aromatic carbocycles. The lowest BCUT2D eigenvalue weighted by atomic mass is 10.1. The van der Waals surface area contributed by atoms with Crippen molar-refractivity contribution in [1.82, 2.24) is 0 Å². The molecule has 0 N–H and O–H groups in total. The van der Waals surface area contributed by atoms with Gasteiger partial charge in [0, 0.05) is 0 Å². The lowest BCUT2D eigenvalue weighted by Crippen LogP contribution is -2.11. The first-order valence-electron chi connectivity index (χ1n) is 2.60. The number of hydrogen-bond acceptors (Lipinski definition) is 1. The largest absolute Gasteiger partial charge is 0.303 e. The molecule has 2 heteroatoms. The van der Waals surface area contributed by atoms with Gasteiger partial charge in [0.1, 0.15) is 12.5 Å². The molecule has 0 heterocycles. The number of allylic oxidation sites excluding steroid dienone is 2. The van der Waals surface area contributed by atoms with Crippen LogP contribution in [0.5, 0.6) is 0 Å². The zero-order valence-corrected chi connectivity index (χ0v) is 5.09. The number of alkyl halides is 1. The molecule has 9 heavy (non-hydrogen) atoms. The van der Waals surface area contributed by atoms with Crippen molar-refractivity contribution >= 4 is 6.29 Å². The quantitative estimate of drug-likeness (QED) is 0.414. The van der Waals surface area contributed by atoms with Crippen LogP contribution in [0.3, 0.4) is 0 Å². The summed E-state index contributed by atoms with van der Waals surface area (Å²) in [7, 11) is 0. The van der Waals surface area contributed by atoms with Crippen molar-refractivity contribution in [1.29, 1.82) is 0 Å². The van der Waals surface area contributed by atoms with Crippen LogP contribution in [0.15, 0.2) is 25.3 Å². The molecule has 0 saturated carbocycles. The number of rotatable bonds is 4. The highest BCUT2D eigenvalue weighted by Gasteiger charge is 2.11. The molecule has 0 bridgehead atoms. The van der Waals surface area contributed by atoms with Crippen molar-refractivity contribution in [3.05, 3.63) is 25.3 Å². The smallest absolute Gasteiger partial charge is 0.131 e. The van der Waals surface area contributed by atoms with Gasteiger partial charge in [-0.1, -0.05) is 12.2 Å². The summed E-state index contributed by atoms with van der Waals surface area (Å²) in [5.41, 5.74) is 0. The van der Waals surface area contributed by atoms with Crippen molar-refractivity contribution in [2.45, 2.75) is 6.17 Å². The van der Waals surface area contributed by atoms with E-state index in [0.29, 0.717) is 6.29 Å². The van der Waals surface area contributed by atoms with Gasteiger partial charge in [-0.25, -0.2) is 4.39 Å². The van der Waals surface area contributed by atoms with Crippen LogP contribution < -0.4 is 0 Å². The maximum atomic E-state index is 12.4.